The standard InChI is InChI=1S/C12H17ClN2O2S/c1-15(7-9-3-5-11(13)18-9)12(16)10-4-2-8(6-14)17-10/h3,5,8,10H,2,4,6-7,14H2,1H3/t8-,10+/m1/s1. The van der Waals surface area contributed by atoms with Crippen LogP contribution >= 0.6 is 22.9 Å². The van der Waals surface area contributed by atoms with Crippen molar-refractivity contribution in [1.82, 2.24) is 4.90 Å². The molecule has 0 radical (unpaired) electrons. The van der Waals surface area contributed by atoms with Gasteiger partial charge in [-0.25, -0.2) is 0 Å². The first-order chi connectivity index (χ1) is 8.60. The number of ether oxygens (including phenoxy) is 1. The first-order valence-electron chi connectivity index (χ1n) is 5.95. The van der Waals surface area contributed by atoms with E-state index in [1.54, 1.807) is 11.9 Å². The zero-order valence-electron chi connectivity index (χ0n) is 10.3. The van der Waals surface area contributed by atoms with Crippen LogP contribution in [0.2, 0.25) is 4.34 Å². The number of carbonyl (C=O) groups is 1. The summed E-state index contributed by atoms with van der Waals surface area (Å²) in [7, 11) is 1.79. The summed E-state index contributed by atoms with van der Waals surface area (Å²) in [4.78, 5) is 14.9. The Bertz CT molecular complexity index is 424. The zero-order chi connectivity index (χ0) is 13.1. The topological polar surface area (TPSA) is 55.6 Å². The maximum Gasteiger partial charge on any atom is 0.251 e. The molecule has 2 N–H and O–H groups in total. The number of hydrogen-bond acceptors (Lipinski definition) is 4. The molecule has 18 heavy (non-hydrogen) atoms. The zero-order valence-corrected chi connectivity index (χ0v) is 11.8. The fraction of sp³-hybridized carbons (Fsp3) is 0.583. The van der Waals surface area contributed by atoms with Crippen molar-refractivity contribution in [3.05, 3.63) is 21.3 Å². The Morgan fingerprint density at radius 3 is 2.94 bits per heavy atom. The molecule has 2 rings (SSSR count). The largest absolute Gasteiger partial charge is 0.364 e. The van der Waals surface area contributed by atoms with E-state index in [0.717, 1.165) is 22.1 Å². The van der Waals surface area contributed by atoms with E-state index in [9.17, 15) is 4.79 Å². The number of nitrogens with zero attached hydrogens (tertiary/aromatic N) is 1. The molecular weight excluding hydrogens is 272 g/mol. The third-order valence-corrected chi connectivity index (χ3v) is 4.26. The lowest BCUT2D eigenvalue weighted by Crippen LogP contribution is -2.36. The summed E-state index contributed by atoms with van der Waals surface area (Å²) in [6.45, 7) is 1.05. The van der Waals surface area contributed by atoms with Gasteiger partial charge in [0.2, 0.25) is 0 Å². The molecule has 0 aromatic carbocycles. The number of nitrogens with two attached hydrogens (primary N) is 1. The molecule has 0 unspecified atom stereocenters. The lowest BCUT2D eigenvalue weighted by Gasteiger charge is -2.20. The van der Waals surface area contributed by atoms with Gasteiger partial charge in [0.05, 0.1) is 17.0 Å². The van der Waals surface area contributed by atoms with Crippen molar-refractivity contribution >= 4 is 28.8 Å². The third-order valence-electron chi connectivity index (χ3n) is 3.04. The summed E-state index contributed by atoms with van der Waals surface area (Å²) in [5, 5.41) is 0. The monoisotopic (exact) mass is 288 g/mol. The van der Waals surface area contributed by atoms with Crippen molar-refractivity contribution in [1.29, 1.82) is 0 Å². The molecule has 6 heteroatoms. The predicted molar refractivity (Wildman–Crippen MR) is 72.8 cm³/mol. The Hall–Kier alpha value is -0.620. The van der Waals surface area contributed by atoms with E-state index in [1.165, 1.54) is 11.3 Å². The van der Waals surface area contributed by atoms with E-state index in [4.69, 9.17) is 22.1 Å². The fourth-order valence-electron chi connectivity index (χ4n) is 2.05. The molecular formula is C12H17ClN2O2S. The molecule has 1 fully saturated rings. The van der Waals surface area contributed by atoms with Crippen LogP contribution in [0.3, 0.4) is 0 Å². The second kappa shape index (κ2) is 6.02. The van der Waals surface area contributed by atoms with E-state index in [-0.39, 0.29) is 18.1 Å². The highest BCUT2D eigenvalue weighted by molar-refractivity contribution is 7.16. The van der Waals surface area contributed by atoms with E-state index in [1.807, 2.05) is 12.1 Å². The number of carbonyl (C=O) groups excluding carboxylic acids is 1. The average molecular weight is 289 g/mol. The SMILES string of the molecule is CN(Cc1ccc(Cl)s1)C(=O)[C@@H]1CC[C@H](CN)O1. The van der Waals surface area contributed by atoms with E-state index < -0.39 is 0 Å². The van der Waals surface area contributed by atoms with E-state index in [0.29, 0.717) is 13.1 Å². The van der Waals surface area contributed by atoms with Crippen LogP contribution in [0.25, 0.3) is 0 Å². The van der Waals surface area contributed by atoms with Gasteiger partial charge < -0.3 is 15.4 Å². The first-order valence-corrected chi connectivity index (χ1v) is 7.14. The van der Waals surface area contributed by atoms with Crippen LogP contribution < -0.4 is 5.73 Å². The Morgan fingerprint density at radius 1 is 1.61 bits per heavy atom. The van der Waals surface area contributed by atoms with Gasteiger partial charge in [-0.2, -0.15) is 0 Å². The number of likely N-dealkylation sites (N-methyl/N-ethyl adjacent to an activating group) is 1. The molecule has 0 aliphatic carbocycles. The molecule has 2 heterocycles. The van der Waals surface area contributed by atoms with Gasteiger partial charge in [0.15, 0.2) is 0 Å². The minimum absolute atomic E-state index is 0.0236. The molecule has 1 aromatic rings. The minimum atomic E-state index is -0.334. The van der Waals surface area contributed by atoms with Crippen molar-refractivity contribution in [3.63, 3.8) is 0 Å². The van der Waals surface area contributed by atoms with Crippen LogP contribution in [-0.2, 0) is 16.1 Å². The predicted octanol–water partition coefficient (Wildman–Crippen LogP) is 1.87. The maximum atomic E-state index is 12.1. The lowest BCUT2D eigenvalue weighted by atomic mass is 10.2. The number of amides is 1. The average Bonchev–Trinajstić information content (AvgIpc) is 2.97. The number of rotatable bonds is 4. The molecule has 2 atom stereocenters. The Kier molecular flexibility index (Phi) is 4.61. The van der Waals surface area contributed by atoms with E-state index in [2.05, 4.69) is 0 Å². The fourth-order valence-corrected chi connectivity index (χ4v) is 3.20. The maximum absolute atomic E-state index is 12.1. The van der Waals surface area contributed by atoms with Crippen molar-refractivity contribution < 1.29 is 9.53 Å². The van der Waals surface area contributed by atoms with Crippen molar-refractivity contribution in [2.24, 2.45) is 5.73 Å². The highest BCUT2D eigenvalue weighted by Crippen LogP contribution is 2.24. The van der Waals surface area contributed by atoms with Crippen molar-refractivity contribution in [2.45, 2.75) is 31.6 Å². The van der Waals surface area contributed by atoms with Gasteiger partial charge in [-0.3, -0.25) is 4.79 Å². The van der Waals surface area contributed by atoms with Gasteiger partial charge in [0.25, 0.3) is 5.91 Å². The molecule has 0 bridgehead atoms. The van der Waals surface area contributed by atoms with Crippen molar-refractivity contribution in [3.8, 4) is 0 Å². The summed E-state index contributed by atoms with van der Waals surface area (Å²) in [6.07, 6.45) is 1.32. The second-order valence-electron chi connectivity index (χ2n) is 4.46. The van der Waals surface area contributed by atoms with Crippen LogP contribution in [0.15, 0.2) is 12.1 Å². The molecule has 0 saturated carbocycles. The summed E-state index contributed by atoms with van der Waals surface area (Å²) >= 11 is 7.36. The number of hydrogen-bond donors (Lipinski definition) is 1. The molecule has 0 spiro atoms. The van der Waals surface area contributed by atoms with Gasteiger partial charge >= 0.3 is 0 Å². The van der Waals surface area contributed by atoms with Crippen LogP contribution in [0, 0.1) is 0 Å². The Morgan fingerprint density at radius 2 is 2.39 bits per heavy atom. The third kappa shape index (κ3) is 3.23. The van der Waals surface area contributed by atoms with Crippen molar-refractivity contribution in [2.75, 3.05) is 13.6 Å². The van der Waals surface area contributed by atoms with Crippen LogP contribution in [0.1, 0.15) is 17.7 Å². The smallest absolute Gasteiger partial charge is 0.251 e. The molecule has 4 nitrogen and oxygen atoms in total. The van der Waals surface area contributed by atoms with Crippen LogP contribution in [0.5, 0.6) is 0 Å². The number of thiophene rings is 1. The molecule has 1 aliphatic heterocycles. The summed E-state index contributed by atoms with van der Waals surface area (Å²) in [5.41, 5.74) is 5.54. The van der Waals surface area contributed by atoms with E-state index >= 15 is 0 Å². The first kappa shape index (κ1) is 13.8. The molecule has 1 amide bonds. The number of halogens is 1. The second-order valence-corrected chi connectivity index (χ2v) is 6.26. The molecule has 100 valence electrons. The van der Waals surface area contributed by atoms with Gasteiger partial charge in [0.1, 0.15) is 6.10 Å². The summed E-state index contributed by atoms with van der Waals surface area (Å²) in [5.74, 6) is 0.0236. The summed E-state index contributed by atoms with van der Waals surface area (Å²) in [6, 6.07) is 3.78. The lowest BCUT2D eigenvalue weighted by molar-refractivity contribution is -0.141. The molecule has 1 aliphatic rings. The van der Waals surface area contributed by atoms with Gasteiger partial charge in [-0.15, -0.1) is 11.3 Å². The highest BCUT2D eigenvalue weighted by atomic mass is 35.5. The quantitative estimate of drug-likeness (QED) is 0.920. The Labute approximate surface area is 116 Å². The van der Waals surface area contributed by atoms with Crippen LogP contribution in [0.4, 0.5) is 0 Å². The molecule has 1 aromatic heterocycles. The Balaban J connectivity index is 1.89. The van der Waals surface area contributed by atoms with Crippen LogP contribution in [-0.4, -0.2) is 36.6 Å². The minimum Gasteiger partial charge on any atom is -0.364 e. The summed E-state index contributed by atoms with van der Waals surface area (Å²) < 4.78 is 6.34. The normalized spacial score (nSPS) is 23.3. The highest BCUT2D eigenvalue weighted by Gasteiger charge is 2.31. The van der Waals surface area contributed by atoms with Gasteiger partial charge in [0, 0.05) is 18.5 Å². The van der Waals surface area contributed by atoms with Gasteiger partial charge in [-0.05, 0) is 25.0 Å². The molecule has 1 saturated heterocycles. The van der Waals surface area contributed by atoms with Gasteiger partial charge in [-0.1, -0.05) is 11.6 Å².